The third-order valence-corrected chi connectivity index (χ3v) is 3.63. The monoisotopic (exact) mass is 353 g/mol. The molecule has 1 amide bonds. The van der Waals surface area contributed by atoms with Crippen LogP contribution in [-0.2, 0) is 17.9 Å². The van der Waals surface area contributed by atoms with Gasteiger partial charge in [-0.1, -0.05) is 48.5 Å². The lowest BCUT2D eigenvalue weighted by atomic mass is 10.2. The van der Waals surface area contributed by atoms with Gasteiger partial charge in [0.25, 0.3) is 5.91 Å². The fourth-order valence-corrected chi connectivity index (χ4v) is 2.43. The lowest BCUT2D eigenvalue weighted by molar-refractivity contribution is -0.684. The second kappa shape index (κ2) is 9.45. The highest BCUT2D eigenvalue weighted by Crippen LogP contribution is 2.21. The molecule has 2 N–H and O–H groups in total. The summed E-state index contributed by atoms with van der Waals surface area (Å²) in [6.45, 7) is 0.995. The molecule has 0 saturated heterocycles. The zero-order valence-electron chi connectivity index (χ0n) is 13.7. The normalized spacial score (nSPS) is 9.76. The first kappa shape index (κ1) is 18.5. The minimum absolute atomic E-state index is 0. The van der Waals surface area contributed by atoms with Crippen LogP contribution < -0.4 is 27.6 Å². The number of carbonyl (C=O) groups is 1. The van der Waals surface area contributed by atoms with E-state index in [0.717, 1.165) is 11.4 Å². The lowest BCUT2D eigenvalue weighted by Gasteiger charge is -2.12. The van der Waals surface area contributed by atoms with Gasteiger partial charge < -0.3 is 23.0 Å². The van der Waals surface area contributed by atoms with Gasteiger partial charge in [0.1, 0.15) is 0 Å². The van der Waals surface area contributed by atoms with E-state index in [9.17, 15) is 4.79 Å². The van der Waals surface area contributed by atoms with E-state index < -0.39 is 0 Å². The van der Waals surface area contributed by atoms with Crippen molar-refractivity contribution in [1.82, 2.24) is 0 Å². The molecule has 0 bridgehead atoms. The molecule has 1 heterocycles. The molecule has 0 aliphatic carbocycles. The molecule has 0 aliphatic rings. The number of amides is 1. The van der Waals surface area contributed by atoms with Crippen LogP contribution in [0, 0.1) is 0 Å². The van der Waals surface area contributed by atoms with Gasteiger partial charge in [0.15, 0.2) is 12.4 Å². The van der Waals surface area contributed by atoms with Crippen LogP contribution in [0.1, 0.15) is 5.56 Å². The maximum Gasteiger partial charge on any atom is 0.290 e. The van der Waals surface area contributed by atoms with E-state index >= 15 is 0 Å². The van der Waals surface area contributed by atoms with Gasteiger partial charge in [0.05, 0.1) is 11.4 Å². The minimum atomic E-state index is -0.0554. The molecule has 3 rings (SSSR count). The summed E-state index contributed by atoms with van der Waals surface area (Å²) < 4.78 is 1.84. The summed E-state index contributed by atoms with van der Waals surface area (Å²) in [6, 6.07) is 23.6. The Morgan fingerprint density at radius 2 is 1.40 bits per heavy atom. The molecule has 0 fully saturated rings. The van der Waals surface area contributed by atoms with Crippen LogP contribution in [0.2, 0.25) is 0 Å². The van der Waals surface area contributed by atoms with Crippen molar-refractivity contribution in [3.05, 3.63) is 90.8 Å². The minimum Gasteiger partial charge on any atom is -1.00 e. The lowest BCUT2D eigenvalue weighted by Crippen LogP contribution is -3.00. The van der Waals surface area contributed by atoms with E-state index in [1.807, 2.05) is 77.6 Å². The van der Waals surface area contributed by atoms with E-state index in [1.54, 1.807) is 0 Å². The summed E-state index contributed by atoms with van der Waals surface area (Å²) in [5.74, 6) is -0.0554. The Hall–Kier alpha value is -2.85. The van der Waals surface area contributed by atoms with E-state index in [1.165, 1.54) is 5.56 Å². The maximum absolute atomic E-state index is 12.2. The maximum atomic E-state index is 12.2. The Kier molecular flexibility index (Phi) is 6.99. The van der Waals surface area contributed by atoms with Gasteiger partial charge in [0.2, 0.25) is 6.54 Å². The molecule has 25 heavy (non-hydrogen) atoms. The van der Waals surface area contributed by atoms with Crippen molar-refractivity contribution in [1.29, 1.82) is 0 Å². The zero-order valence-corrected chi connectivity index (χ0v) is 14.5. The zero-order chi connectivity index (χ0) is 16.6. The molecule has 4 nitrogen and oxygen atoms in total. The van der Waals surface area contributed by atoms with Gasteiger partial charge in [0, 0.05) is 18.7 Å². The molecular formula is C20H20ClN3O. The van der Waals surface area contributed by atoms with Crippen molar-refractivity contribution in [2.45, 2.75) is 13.1 Å². The number of rotatable bonds is 6. The van der Waals surface area contributed by atoms with E-state index in [4.69, 9.17) is 0 Å². The Balaban J connectivity index is 0.00000225. The van der Waals surface area contributed by atoms with Crippen molar-refractivity contribution in [3.8, 4) is 0 Å². The SMILES string of the molecule is O=C(C[n+]1ccccc1)Nc1ccccc1NCc1ccccc1.[Cl-]. The molecular weight excluding hydrogens is 334 g/mol. The van der Waals surface area contributed by atoms with Crippen LogP contribution in [0.15, 0.2) is 85.2 Å². The molecule has 0 aliphatic heterocycles. The van der Waals surface area contributed by atoms with Crippen LogP contribution in [-0.4, -0.2) is 5.91 Å². The highest BCUT2D eigenvalue weighted by atomic mass is 35.5. The smallest absolute Gasteiger partial charge is 0.290 e. The molecule has 0 spiro atoms. The van der Waals surface area contributed by atoms with Gasteiger partial charge in [-0.3, -0.25) is 4.79 Å². The molecule has 1 aromatic heterocycles. The van der Waals surface area contributed by atoms with Crippen molar-refractivity contribution in [3.63, 3.8) is 0 Å². The average Bonchev–Trinajstić information content (AvgIpc) is 2.63. The average molecular weight is 354 g/mol. The van der Waals surface area contributed by atoms with Crippen LogP contribution in [0.3, 0.4) is 0 Å². The molecule has 0 saturated carbocycles. The predicted molar refractivity (Wildman–Crippen MR) is 95.5 cm³/mol. The molecule has 0 atom stereocenters. The quantitative estimate of drug-likeness (QED) is 0.623. The molecule has 2 aromatic carbocycles. The van der Waals surface area contributed by atoms with E-state index in [-0.39, 0.29) is 24.9 Å². The van der Waals surface area contributed by atoms with Crippen LogP contribution >= 0.6 is 0 Å². The number of pyridine rings is 1. The number of benzene rings is 2. The van der Waals surface area contributed by atoms with Gasteiger partial charge >= 0.3 is 0 Å². The summed E-state index contributed by atoms with van der Waals surface area (Å²) in [7, 11) is 0. The molecule has 128 valence electrons. The largest absolute Gasteiger partial charge is 1.00 e. The van der Waals surface area contributed by atoms with Gasteiger partial charge in [-0.2, -0.15) is 4.57 Å². The van der Waals surface area contributed by atoms with Crippen molar-refractivity contribution in [2.24, 2.45) is 0 Å². The molecule has 0 radical (unpaired) electrons. The number of hydrogen-bond acceptors (Lipinski definition) is 2. The Morgan fingerprint density at radius 1 is 0.800 bits per heavy atom. The Labute approximate surface area is 153 Å². The predicted octanol–water partition coefficient (Wildman–Crippen LogP) is 0.229. The van der Waals surface area contributed by atoms with Crippen molar-refractivity contribution >= 4 is 17.3 Å². The van der Waals surface area contributed by atoms with Gasteiger partial charge in [-0.15, -0.1) is 0 Å². The number of hydrogen-bond donors (Lipinski definition) is 2. The van der Waals surface area contributed by atoms with Crippen LogP contribution in [0.4, 0.5) is 11.4 Å². The van der Waals surface area contributed by atoms with Crippen LogP contribution in [0.25, 0.3) is 0 Å². The number of anilines is 2. The number of para-hydroxylation sites is 2. The molecule has 3 aromatic rings. The number of carbonyl (C=O) groups excluding carboxylic acids is 1. The third kappa shape index (κ3) is 5.62. The molecule has 0 unspecified atom stereocenters. The highest BCUT2D eigenvalue weighted by Gasteiger charge is 2.11. The standard InChI is InChI=1S/C20H19N3O.ClH/c24-20(16-23-13-7-2-8-14-23)22-19-12-6-5-11-18(19)21-15-17-9-3-1-4-10-17;/h1-14,21H,15-16H2;1H. The van der Waals surface area contributed by atoms with Gasteiger partial charge in [-0.05, 0) is 17.7 Å². The van der Waals surface area contributed by atoms with Gasteiger partial charge in [-0.25, -0.2) is 0 Å². The second-order valence-electron chi connectivity index (χ2n) is 5.48. The Bertz CT molecular complexity index is 794. The van der Waals surface area contributed by atoms with E-state index in [2.05, 4.69) is 22.8 Å². The highest BCUT2D eigenvalue weighted by molar-refractivity contribution is 5.93. The molecule has 5 heteroatoms. The fourth-order valence-electron chi connectivity index (χ4n) is 2.43. The van der Waals surface area contributed by atoms with Crippen molar-refractivity contribution in [2.75, 3.05) is 10.6 Å². The summed E-state index contributed by atoms with van der Waals surface area (Å²) in [4.78, 5) is 12.2. The third-order valence-electron chi connectivity index (χ3n) is 3.63. The summed E-state index contributed by atoms with van der Waals surface area (Å²) in [6.07, 6.45) is 3.75. The summed E-state index contributed by atoms with van der Waals surface area (Å²) in [5, 5.41) is 6.35. The first-order chi connectivity index (χ1) is 11.8. The van der Waals surface area contributed by atoms with E-state index in [0.29, 0.717) is 6.54 Å². The second-order valence-corrected chi connectivity index (χ2v) is 5.48. The number of halogens is 1. The number of aromatic nitrogens is 1. The first-order valence-electron chi connectivity index (χ1n) is 7.92. The van der Waals surface area contributed by atoms with Crippen molar-refractivity contribution < 1.29 is 21.8 Å². The summed E-state index contributed by atoms with van der Waals surface area (Å²) >= 11 is 0. The number of nitrogens with one attached hydrogen (secondary N) is 2. The number of nitrogens with zero attached hydrogens (tertiary/aromatic N) is 1. The Morgan fingerprint density at radius 3 is 2.12 bits per heavy atom. The van der Waals surface area contributed by atoms with Crippen LogP contribution in [0.5, 0.6) is 0 Å². The first-order valence-corrected chi connectivity index (χ1v) is 7.92. The summed E-state index contributed by atoms with van der Waals surface area (Å²) in [5.41, 5.74) is 2.89. The fraction of sp³-hybridized carbons (Fsp3) is 0.100. The topological polar surface area (TPSA) is 45.0 Å².